The van der Waals surface area contributed by atoms with Crippen LogP contribution in [-0.2, 0) is 27.4 Å². The molecule has 152 valence electrons. The van der Waals surface area contributed by atoms with Crippen LogP contribution in [0.1, 0.15) is 24.0 Å². The number of ether oxygens (including phenoxy) is 1. The lowest BCUT2D eigenvalue weighted by Gasteiger charge is -2.27. The monoisotopic (exact) mass is 396 g/mol. The summed E-state index contributed by atoms with van der Waals surface area (Å²) in [6, 6.07) is 16.7. The van der Waals surface area contributed by atoms with Crippen molar-refractivity contribution in [2.45, 2.75) is 38.0 Å². The van der Waals surface area contributed by atoms with Gasteiger partial charge in [0.25, 0.3) is 0 Å². The molecule has 2 aromatic rings. The SMILES string of the molecule is O=C(N[C@H](Cc1ccccc1)C(=O)N1CCCC1C(=O)O)OCc1ccccc1. The Labute approximate surface area is 169 Å². The van der Waals surface area contributed by atoms with Gasteiger partial charge in [-0.15, -0.1) is 0 Å². The van der Waals surface area contributed by atoms with Gasteiger partial charge in [-0.05, 0) is 24.0 Å². The first-order chi connectivity index (χ1) is 14.0. The third kappa shape index (κ3) is 5.57. The number of nitrogens with one attached hydrogen (secondary N) is 1. The molecule has 2 atom stereocenters. The van der Waals surface area contributed by atoms with Crippen LogP contribution >= 0.6 is 0 Å². The first kappa shape index (κ1) is 20.4. The van der Waals surface area contributed by atoms with Crippen molar-refractivity contribution in [2.24, 2.45) is 0 Å². The van der Waals surface area contributed by atoms with E-state index in [-0.39, 0.29) is 13.0 Å². The molecule has 29 heavy (non-hydrogen) atoms. The van der Waals surface area contributed by atoms with Gasteiger partial charge in [0.2, 0.25) is 5.91 Å². The highest BCUT2D eigenvalue weighted by Gasteiger charge is 2.37. The molecular formula is C22H24N2O5. The highest BCUT2D eigenvalue weighted by Crippen LogP contribution is 2.19. The van der Waals surface area contributed by atoms with Gasteiger partial charge in [0, 0.05) is 13.0 Å². The van der Waals surface area contributed by atoms with Crippen molar-refractivity contribution in [1.82, 2.24) is 10.2 Å². The molecule has 3 rings (SSSR count). The molecule has 0 radical (unpaired) electrons. The molecule has 1 fully saturated rings. The van der Waals surface area contributed by atoms with E-state index in [1.54, 1.807) is 0 Å². The van der Waals surface area contributed by atoms with E-state index in [4.69, 9.17) is 4.74 Å². The minimum Gasteiger partial charge on any atom is -0.480 e. The van der Waals surface area contributed by atoms with Gasteiger partial charge in [0.05, 0.1) is 0 Å². The molecule has 1 heterocycles. The van der Waals surface area contributed by atoms with Crippen LogP contribution in [0, 0.1) is 0 Å². The molecule has 0 aromatic heterocycles. The second-order valence-electron chi connectivity index (χ2n) is 6.98. The lowest BCUT2D eigenvalue weighted by molar-refractivity contribution is -0.148. The number of likely N-dealkylation sites (tertiary alicyclic amines) is 1. The van der Waals surface area contributed by atoms with E-state index in [9.17, 15) is 19.5 Å². The Morgan fingerprint density at radius 2 is 1.66 bits per heavy atom. The van der Waals surface area contributed by atoms with Crippen molar-refractivity contribution in [1.29, 1.82) is 0 Å². The normalized spacial score (nSPS) is 16.8. The molecule has 2 aromatic carbocycles. The first-order valence-electron chi connectivity index (χ1n) is 9.59. The summed E-state index contributed by atoms with van der Waals surface area (Å²) in [5.41, 5.74) is 1.69. The van der Waals surface area contributed by atoms with Crippen molar-refractivity contribution in [2.75, 3.05) is 6.54 Å². The van der Waals surface area contributed by atoms with Crippen LogP contribution in [0.15, 0.2) is 60.7 Å². The summed E-state index contributed by atoms with van der Waals surface area (Å²) in [6.07, 6.45) is 0.578. The van der Waals surface area contributed by atoms with Crippen LogP contribution in [0.2, 0.25) is 0 Å². The van der Waals surface area contributed by atoms with Crippen LogP contribution in [0.3, 0.4) is 0 Å². The number of nitrogens with zero attached hydrogens (tertiary/aromatic N) is 1. The van der Waals surface area contributed by atoms with Crippen molar-refractivity contribution < 1.29 is 24.2 Å². The second-order valence-corrected chi connectivity index (χ2v) is 6.98. The number of carbonyl (C=O) groups is 3. The van der Waals surface area contributed by atoms with Gasteiger partial charge in [-0.3, -0.25) is 4.79 Å². The summed E-state index contributed by atoms with van der Waals surface area (Å²) in [4.78, 5) is 38.2. The highest BCUT2D eigenvalue weighted by atomic mass is 16.5. The molecule has 1 unspecified atom stereocenters. The molecule has 0 bridgehead atoms. The summed E-state index contributed by atoms with van der Waals surface area (Å²) < 4.78 is 5.25. The summed E-state index contributed by atoms with van der Waals surface area (Å²) in [5, 5.41) is 12.0. The van der Waals surface area contributed by atoms with E-state index in [2.05, 4.69) is 5.32 Å². The topological polar surface area (TPSA) is 95.9 Å². The third-order valence-electron chi connectivity index (χ3n) is 4.91. The van der Waals surface area contributed by atoms with Crippen LogP contribution in [0.5, 0.6) is 0 Å². The van der Waals surface area contributed by atoms with Gasteiger partial charge in [-0.1, -0.05) is 60.7 Å². The molecule has 7 nitrogen and oxygen atoms in total. The van der Waals surface area contributed by atoms with Gasteiger partial charge in [-0.25, -0.2) is 9.59 Å². The molecule has 2 amide bonds. The number of carbonyl (C=O) groups excluding carboxylic acids is 2. The number of hydrogen-bond acceptors (Lipinski definition) is 4. The minimum absolute atomic E-state index is 0.0837. The van der Waals surface area contributed by atoms with E-state index < -0.39 is 30.1 Å². The molecule has 0 spiro atoms. The van der Waals surface area contributed by atoms with Crippen LogP contribution in [0.4, 0.5) is 4.79 Å². The fraction of sp³-hybridized carbons (Fsp3) is 0.318. The number of benzene rings is 2. The molecule has 1 aliphatic rings. The van der Waals surface area contributed by atoms with E-state index in [0.29, 0.717) is 19.4 Å². The van der Waals surface area contributed by atoms with E-state index in [0.717, 1.165) is 11.1 Å². The molecular weight excluding hydrogens is 372 g/mol. The summed E-state index contributed by atoms with van der Waals surface area (Å²) in [6.45, 7) is 0.447. The molecule has 1 aliphatic heterocycles. The Morgan fingerprint density at radius 1 is 1.03 bits per heavy atom. The summed E-state index contributed by atoms with van der Waals surface area (Å²) in [7, 11) is 0. The lowest BCUT2D eigenvalue weighted by atomic mass is 10.0. The fourth-order valence-corrected chi connectivity index (χ4v) is 3.44. The number of aliphatic carboxylic acids is 1. The third-order valence-corrected chi connectivity index (χ3v) is 4.91. The highest BCUT2D eigenvalue weighted by molar-refractivity contribution is 5.90. The average Bonchev–Trinajstić information content (AvgIpc) is 3.23. The Hall–Kier alpha value is -3.35. The van der Waals surface area contributed by atoms with Gasteiger partial charge in [-0.2, -0.15) is 0 Å². The quantitative estimate of drug-likeness (QED) is 0.750. The summed E-state index contributed by atoms with van der Waals surface area (Å²) >= 11 is 0. The number of amides is 2. The number of carboxylic acids is 1. The number of rotatable bonds is 7. The Kier molecular flexibility index (Phi) is 6.84. The zero-order valence-electron chi connectivity index (χ0n) is 16.0. The zero-order chi connectivity index (χ0) is 20.6. The molecule has 7 heteroatoms. The van der Waals surface area contributed by atoms with E-state index >= 15 is 0 Å². The van der Waals surface area contributed by atoms with Gasteiger partial charge in [0.1, 0.15) is 18.7 Å². The Bertz CT molecular complexity index is 841. The van der Waals surface area contributed by atoms with Crippen LogP contribution in [-0.4, -0.2) is 46.6 Å². The zero-order valence-corrected chi connectivity index (χ0v) is 16.0. The van der Waals surface area contributed by atoms with Crippen LogP contribution < -0.4 is 5.32 Å². The van der Waals surface area contributed by atoms with Crippen molar-refractivity contribution >= 4 is 18.0 Å². The first-order valence-corrected chi connectivity index (χ1v) is 9.59. The largest absolute Gasteiger partial charge is 0.480 e. The maximum Gasteiger partial charge on any atom is 0.408 e. The maximum atomic E-state index is 13.1. The average molecular weight is 396 g/mol. The fourth-order valence-electron chi connectivity index (χ4n) is 3.44. The smallest absolute Gasteiger partial charge is 0.408 e. The van der Waals surface area contributed by atoms with E-state index in [1.807, 2.05) is 60.7 Å². The van der Waals surface area contributed by atoms with Crippen LogP contribution in [0.25, 0.3) is 0 Å². The standard InChI is InChI=1S/C22H24N2O5/c25-20(24-13-7-12-19(24)21(26)27)18(14-16-8-3-1-4-9-16)23-22(28)29-15-17-10-5-2-6-11-17/h1-6,8-11,18-19H,7,12-15H2,(H,23,28)(H,26,27)/t18-,19?/m1/s1. The molecule has 1 saturated heterocycles. The van der Waals surface area contributed by atoms with E-state index in [1.165, 1.54) is 4.90 Å². The summed E-state index contributed by atoms with van der Waals surface area (Å²) in [5.74, 6) is -1.43. The number of alkyl carbamates (subject to hydrolysis) is 1. The predicted molar refractivity (Wildman–Crippen MR) is 106 cm³/mol. The predicted octanol–water partition coefficient (Wildman–Crippen LogP) is 2.60. The van der Waals surface area contributed by atoms with Gasteiger partial charge < -0.3 is 20.1 Å². The van der Waals surface area contributed by atoms with Crippen molar-refractivity contribution in [3.63, 3.8) is 0 Å². The molecule has 2 N–H and O–H groups in total. The lowest BCUT2D eigenvalue weighted by Crippen LogP contribution is -2.52. The number of hydrogen-bond donors (Lipinski definition) is 2. The second kappa shape index (κ2) is 9.73. The Balaban J connectivity index is 1.69. The molecule has 0 aliphatic carbocycles. The minimum atomic E-state index is -1.03. The van der Waals surface area contributed by atoms with Gasteiger partial charge >= 0.3 is 12.1 Å². The van der Waals surface area contributed by atoms with Crippen molar-refractivity contribution in [3.05, 3.63) is 71.8 Å². The number of carboxylic acid groups (broad SMARTS) is 1. The van der Waals surface area contributed by atoms with Gasteiger partial charge in [0.15, 0.2) is 0 Å². The Morgan fingerprint density at radius 3 is 2.28 bits per heavy atom. The van der Waals surface area contributed by atoms with Crippen molar-refractivity contribution in [3.8, 4) is 0 Å². The molecule has 0 saturated carbocycles. The maximum absolute atomic E-state index is 13.1.